The monoisotopic (exact) mass is 995 g/mol. The summed E-state index contributed by atoms with van der Waals surface area (Å²) in [5, 5.41) is 52.3. The summed E-state index contributed by atoms with van der Waals surface area (Å²) < 4.78 is 19.2. The summed E-state index contributed by atoms with van der Waals surface area (Å²) in [5.41, 5.74) is 8.71. The first-order valence-corrected chi connectivity index (χ1v) is 25.8. The number of hydrogen-bond acceptors (Lipinski definition) is 9. The molecular formula is C61H76N3O9+3. The number of carbonyl (C=O) groups excluding carboxylic acids is 2. The molecule has 6 aromatic rings. The van der Waals surface area contributed by atoms with Crippen molar-refractivity contribution in [3.05, 3.63) is 196 Å². The fourth-order valence-corrected chi connectivity index (χ4v) is 11.0. The van der Waals surface area contributed by atoms with Crippen LogP contribution >= 0.6 is 0 Å². The Kier molecular flexibility index (Phi) is 19.5. The van der Waals surface area contributed by atoms with Crippen molar-refractivity contribution < 1.29 is 58.3 Å². The molecule has 386 valence electrons. The smallest absolute Gasteiger partial charge is 0.184 e. The number of pyridine rings is 3. The number of rotatable bonds is 24. The van der Waals surface area contributed by atoms with Crippen LogP contribution in [0.3, 0.4) is 0 Å². The van der Waals surface area contributed by atoms with Crippen LogP contribution in [-0.4, -0.2) is 80.8 Å². The van der Waals surface area contributed by atoms with Crippen molar-refractivity contribution in [1.82, 2.24) is 0 Å². The molecule has 0 radical (unpaired) electrons. The van der Waals surface area contributed by atoms with E-state index in [0.29, 0.717) is 24.0 Å². The lowest BCUT2D eigenvalue weighted by atomic mass is 9.61. The molecule has 0 bridgehead atoms. The SMILES string of the molecule is CC(O)CC(O)CC(O)CC1CC(CC(O)CC(C)O)OC(c2ccc(CC(c3cc[n+](C)cc3)C(c3cc[n+](C)cc3)C(c3ccc(C=O)cc3)C(c3ccc(C=O)cc3)C(C)c3cc[n+](C)cc3)cc2)O1. The van der Waals surface area contributed by atoms with Crippen LogP contribution in [-0.2, 0) is 37.0 Å². The van der Waals surface area contributed by atoms with Gasteiger partial charge in [0.25, 0.3) is 0 Å². The summed E-state index contributed by atoms with van der Waals surface area (Å²) in [5.74, 6) is -0.576. The highest BCUT2D eigenvalue weighted by Gasteiger charge is 2.42. The standard InChI is InChI=1S/C61H76N3O9/c1-40(67)31-52(69)34-54(71)36-56-37-55(35-53(70)32-41(2)68)72-61(73-56)51-17-7-43(8-18-51)33-57(47-21-27-63(5)28-22-47)59(50-23-29-64(6)30-24-50)60(49-15-11-45(39-66)12-16-49)58(48-13-9-44(38-65)10-14-48)42(3)46-19-25-62(4)26-20-46/h7-30,38-42,52-61,67-71H,31-37H2,1-6H3/q+3. The molecule has 7 rings (SSSR count). The fourth-order valence-electron chi connectivity index (χ4n) is 11.0. The van der Waals surface area contributed by atoms with Crippen molar-refractivity contribution in [2.24, 2.45) is 21.1 Å². The van der Waals surface area contributed by atoms with E-state index in [1.807, 2.05) is 71.2 Å². The molecule has 13 unspecified atom stereocenters. The number of benzene rings is 3. The average molecular weight is 995 g/mol. The number of aromatic nitrogens is 3. The normalized spacial score (nSPS) is 20.1. The molecule has 13 atom stereocenters. The maximum absolute atomic E-state index is 12.2. The minimum absolute atomic E-state index is 0.0124. The predicted molar refractivity (Wildman–Crippen MR) is 278 cm³/mol. The third-order valence-corrected chi connectivity index (χ3v) is 14.7. The van der Waals surface area contributed by atoms with Crippen LogP contribution in [0, 0.1) is 0 Å². The van der Waals surface area contributed by atoms with Crippen LogP contribution in [0.5, 0.6) is 0 Å². The largest absolute Gasteiger partial charge is 0.393 e. The number of aldehydes is 2. The maximum atomic E-state index is 12.2. The van der Waals surface area contributed by atoms with Gasteiger partial charge in [-0.1, -0.05) is 79.7 Å². The molecular weight excluding hydrogens is 919 g/mol. The number of ether oxygens (including phenoxy) is 2. The topological polar surface area (TPSA) is 165 Å². The predicted octanol–water partition coefficient (Wildman–Crippen LogP) is 7.23. The van der Waals surface area contributed by atoms with Gasteiger partial charge in [0.15, 0.2) is 43.5 Å². The van der Waals surface area contributed by atoms with Crippen LogP contribution in [0.2, 0.25) is 0 Å². The first-order chi connectivity index (χ1) is 35.1. The van der Waals surface area contributed by atoms with Gasteiger partial charge in [-0.3, -0.25) is 9.59 Å². The van der Waals surface area contributed by atoms with E-state index in [-0.39, 0.29) is 61.7 Å². The molecule has 1 aliphatic rings. The van der Waals surface area contributed by atoms with E-state index < -0.39 is 49.0 Å². The zero-order chi connectivity index (χ0) is 52.2. The number of nitrogens with zero attached hydrogens (tertiary/aromatic N) is 3. The first-order valence-electron chi connectivity index (χ1n) is 25.8. The van der Waals surface area contributed by atoms with Gasteiger partial charge in [0, 0.05) is 59.5 Å². The lowest BCUT2D eigenvalue weighted by Gasteiger charge is -2.42. The van der Waals surface area contributed by atoms with Crippen molar-refractivity contribution in [2.75, 3.05) is 0 Å². The highest BCUT2D eigenvalue weighted by molar-refractivity contribution is 5.75. The fraction of sp³-hybridized carbons (Fsp3) is 0.426. The summed E-state index contributed by atoms with van der Waals surface area (Å²) in [6, 6.07) is 37.6. The van der Waals surface area contributed by atoms with Gasteiger partial charge in [-0.25, -0.2) is 13.7 Å². The van der Waals surface area contributed by atoms with Crippen molar-refractivity contribution in [2.45, 2.75) is 144 Å². The summed E-state index contributed by atoms with van der Waals surface area (Å²) >= 11 is 0. The van der Waals surface area contributed by atoms with Crippen LogP contribution in [0.1, 0.15) is 155 Å². The first kappa shape index (κ1) is 54.9. The molecule has 0 saturated carbocycles. The van der Waals surface area contributed by atoms with E-state index in [4.69, 9.17) is 9.47 Å². The van der Waals surface area contributed by atoms with Crippen molar-refractivity contribution in [3.63, 3.8) is 0 Å². The number of aliphatic hydroxyl groups is 5. The van der Waals surface area contributed by atoms with E-state index >= 15 is 0 Å². The van der Waals surface area contributed by atoms with Crippen LogP contribution in [0.4, 0.5) is 0 Å². The number of aryl methyl sites for hydroxylation is 3. The van der Waals surface area contributed by atoms with Gasteiger partial charge >= 0.3 is 0 Å². The van der Waals surface area contributed by atoms with Crippen LogP contribution in [0.15, 0.2) is 146 Å². The highest BCUT2D eigenvalue weighted by atomic mass is 16.7. The molecule has 4 heterocycles. The van der Waals surface area contributed by atoms with Gasteiger partial charge in [-0.05, 0) is 115 Å². The quantitative estimate of drug-likeness (QED) is 0.0311. The number of aliphatic hydroxyl groups excluding tert-OH is 5. The second-order valence-electron chi connectivity index (χ2n) is 20.8. The van der Waals surface area contributed by atoms with Crippen LogP contribution < -0.4 is 13.7 Å². The van der Waals surface area contributed by atoms with Gasteiger partial charge in [0.1, 0.15) is 33.7 Å². The van der Waals surface area contributed by atoms with Gasteiger partial charge in [0.05, 0.1) is 42.7 Å². The Labute approximate surface area is 431 Å². The molecule has 1 fully saturated rings. The maximum Gasteiger partial charge on any atom is 0.184 e. The minimum atomic E-state index is -0.888. The highest BCUT2D eigenvalue weighted by Crippen LogP contribution is 2.55. The third-order valence-electron chi connectivity index (χ3n) is 14.7. The molecule has 0 amide bonds. The lowest BCUT2D eigenvalue weighted by molar-refractivity contribution is -0.671. The second-order valence-corrected chi connectivity index (χ2v) is 20.8. The molecule has 73 heavy (non-hydrogen) atoms. The molecule has 12 heteroatoms. The zero-order valence-corrected chi connectivity index (χ0v) is 43.2. The van der Waals surface area contributed by atoms with E-state index in [1.165, 1.54) is 5.56 Å². The Balaban J connectivity index is 1.32. The van der Waals surface area contributed by atoms with Gasteiger partial charge < -0.3 is 35.0 Å². The number of hydrogen-bond donors (Lipinski definition) is 5. The molecule has 0 spiro atoms. The van der Waals surface area contributed by atoms with Gasteiger partial charge in [-0.2, -0.15) is 0 Å². The van der Waals surface area contributed by atoms with Crippen molar-refractivity contribution >= 4 is 12.6 Å². The molecule has 1 saturated heterocycles. The Morgan fingerprint density at radius 2 is 0.904 bits per heavy atom. The Morgan fingerprint density at radius 1 is 0.493 bits per heavy atom. The minimum Gasteiger partial charge on any atom is -0.393 e. The lowest BCUT2D eigenvalue weighted by Crippen LogP contribution is -2.38. The third kappa shape index (κ3) is 15.1. The zero-order valence-electron chi connectivity index (χ0n) is 43.2. The second kappa shape index (κ2) is 25.9. The Morgan fingerprint density at radius 3 is 1.37 bits per heavy atom. The molecule has 3 aromatic heterocycles. The average Bonchev–Trinajstić information content (AvgIpc) is 3.36. The molecule has 5 N–H and O–H groups in total. The summed E-state index contributed by atoms with van der Waals surface area (Å²) in [7, 11) is 6.05. The Hall–Kier alpha value is -5.83. The number of carbonyl (C=O) groups is 2. The summed E-state index contributed by atoms with van der Waals surface area (Å²) in [6.45, 7) is 5.54. The summed E-state index contributed by atoms with van der Waals surface area (Å²) in [6.07, 6.45) is 10.7. The van der Waals surface area contributed by atoms with Crippen molar-refractivity contribution in [1.29, 1.82) is 0 Å². The van der Waals surface area contributed by atoms with Gasteiger partial charge in [-0.15, -0.1) is 0 Å². The van der Waals surface area contributed by atoms with E-state index in [1.54, 1.807) is 13.8 Å². The van der Waals surface area contributed by atoms with E-state index in [0.717, 1.165) is 46.0 Å². The molecule has 0 aliphatic carbocycles. The van der Waals surface area contributed by atoms with Gasteiger partial charge in [0.2, 0.25) is 0 Å². The Bertz CT molecular complexity index is 2620. The van der Waals surface area contributed by atoms with Crippen molar-refractivity contribution in [3.8, 4) is 0 Å². The van der Waals surface area contributed by atoms with E-state index in [2.05, 4.69) is 117 Å². The summed E-state index contributed by atoms with van der Waals surface area (Å²) in [4.78, 5) is 24.3. The molecule has 12 nitrogen and oxygen atoms in total. The molecule has 1 aliphatic heterocycles. The molecule has 3 aromatic carbocycles. The van der Waals surface area contributed by atoms with Crippen LogP contribution in [0.25, 0.3) is 0 Å². The van der Waals surface area contributed by atoms with E-state index in [9.17, 15) is 35.1 Å².